The van der Waals surface area contributed by atoms with Crippen LogP contribution in [0.4, 0.5) is 0 Å². The van der Waals surface area contributed by atoms with Crippen LogP contribution in [0, 0.1) is 0 Å². The summed E-state index contributed by atoms with van der Waals surface area (Å²) >= 11 is 0. The average molecular weight is 487 g/mol. The maximum absolute atomic E-state index is 10.6. The van der Waals surface area contributed by atoms with Gasteiger partial charge in [0.15, 0.2) is 18.9 Å². The van der Waals surface area contributed by atoms with Crippen LogP contribution in [0.2, 0.25) is 0 Å². The molecule has 0 saturated carbocycles. The molecule has 0 aromatic rings. The van der Waals surface area contributed by atoms with Crippen LogP contribution >= 0.6 is 0 Å². The lowest BCUT2D eigenvalue weighted by atomic mass is 9.96. The van der Waals surface area contributed by atoms with Gasteiger partial charge < -0.3 is 75.4 Å². The number of nitrogens with two attached hydrogens (primary N) is 1. The Morgan fingerprint density at radius 1 is 0.636 bits per heavy atom. The van der Waals surface area contributed by atoms with Crippen molar-refractivity contribution in [1.82, 2.24) is 0 Å². The van der Waals surface area contributed by atoms with Gasteiger partial charge in [0.25, 0.3) is 0 Å². The van der Waals surface area contributed by atoms with Gasteiger partial charge in [0.2, 0.25) is 0 Å². The van der Waals surface area contributed by atoms with Crippen LogP contribution in [-0.4, -0.2) is 151 Å². The van der Waals surface area contributed by atoms with Crippen LogP contribution in [0.25, 0.3) is 0 Å². The van der Waals surface area contributed by atoms with E-state index >= 15 is 0 Å². The van der Waals surface area contributed by atoms with Crippen molar-refractivity contribution in [2.45, 2.75) is 99.0 Å². The first-order valence-electron chi connectivity index (χ1n) is 10.5. The van der Waals surface area contributed by atoms with E-state index in [0.717, 1.165) is 0 Å². The van der Waals surface area contributed by atoms with Crippen molar-refractivity contribution >= 4 is 0 Å². The minimum atomic E-state index is -1.83. The van der Waals surface area contributed by atoms with Gasteiger partial charge in [0.1, 0.15) is 61.0 Å². The molecule has 11 N–H and O–H groups in total. The Bertz CT molecular complexity index is 627. The minimum absolute atomic E-state index is 0.728. The molecule has 3 heterocycles. The third-order valence-corrected chi connectivity index (χ3v) is 6.16. The summed E-state index contributed by atoms with van der Waals surface area (Å²) < 4.78 is 26.8. The zero-order chi connectivity index (χ0) is 24.6. The summed E-state index contributed by atoms with van der Waals surface area (Å²) in [7, 11) is 0. The zero-order valence-electron chi connectivity index (χ0n) is 17.7. The molecular weight excluding hydrogens is 454 g/mol. The molecule has 3 aliphatic heterocycles. The van der Waals surface area contributed by atoms with E-state index in [1.807, 2.05) is 0 Å². The number of rotatable bonds is 6. The summed E-state index contributed by atoms with van der Waals surface area (Å²) in [6.45, 7) is 0.0570. The van der Waals surface area contributed by atoms with Crippen molar-refractivity contribution in [3.63, 3.8) is 0 Å². The second-order valence-corrected chi connectivity index (χ2v) is 8.41. The molecule has 0 radical (unpaired) electrons. The van der Waals surface area contributed by atoms with Gasteiger partial charge >= 0.3 is 0 Å². The van der Waals surface area contributed by atoms with Crippen LogP contribution in [-0.2, 0) is 23.7 Å². The highest BCUT2D eigenvalue weighted by Gasteiger charge is 2.52. The first kappa shape index (κ1) is 27.0. The fourth-order valence-electron chi connectivity index (χ4n) is 4.04. The predicted molar refractivity (Wildman–Crippen MR) is 102 cm³/mol. The van der Waals surface area contributed by atoms with Gasteiger partial charge in [-0.2, -0.15) is 0 Å². The molecule has 3 fully saturated rings. The molecule has 15 nitrogen and oxygen atoms in total. The van der Waals surface area contributed by atoms with Gasteiger partial charge in [0, 0.05) is 0 Å². The fourth-order valence-corrected chi connectivity index (χ4v) is 4.04. The highest BCUT2D eigenvalue weighted by molar-refractivity contribution is 4.96. The monoisotopic (exact) mass is 487 g/mol. The fraction of sp³-hybridized carbons (Fsp3) is 1.00. The Kier molecular flexibility index (Phi) is 8.99. The Labute approximate surface area is 188 Å². The molecular formula is C18H33NO14. The van der Waals surface area contributed by atoms with Crippen molar-refractivity contribution in [3.8, 4) is 0 Å². The van der Waals surface area contributed by atoms with E-state index in [4.69, 9.17) is 29.4 Å². The molecule has 3 rings (SSSR count). The van der Waals surface area contributed by atoms with Gasteiger partial charge in [0.05, 0.1) is 25.4 Å². The van der Waals surface area contributed by atoms with Crippen LogP contribution in [0.15, 0.2) is 0 Å². The van der Waals surface area contributed by atoms with E-state index in [1.165, 1.54) is 6.92 Å². The molecule has 3 saturated heterocycles. The molecule has 194 valence electrons. The van der Waals surface area contributed by atoms with Crippen molar-refractivity contribution in [3.05, 3.63) is 0 Å². The summed E-state index contributed by atoms with van der Waals surface area (Å²) in [5.74, 6) is 0. The van der Waals surface area contributed by atoms with Gasteiger partial charge in [-0.05, 0) is 6.92 Å². The largest absolute Gasteiger partial charge is 0.394 e. The second-order valence-electron chi connectivity index (χ2n) is 8.41. The molecule has 0 bridgehead atoms. The zero-order valence-corrected chi connectivity index (χ0v) is 17.7. The summed E-state index contributed by atoms with van der Waals surface area (Å²) in [6, 6.07) is -0.901. The third kappa shape index (κ3) is 5.32. The van der Waals surface area contributed by atoms with Crippen molar-refractivity contribution in [2.24, 2.45) is 5.73 Å². The van der Waals surface area contributed by atoms with Gasteiger partial charge in [-0.3, -0.25) is 0 Å². The molecule has 15 heteroatoms. The summed E-state index contributed by atoms with van der Waals surface area (Å²) in [6.07, 6.45) is -21.4. The summed E-state index contributed by atoms with van der Waals surface area (Å²) in [5.41, 5.74) is 5.73. The highest BCUT2D eigenvalue weighted by atomic mass is 16.7. The first-order chi connectivity index (χ1) is 15.5. The Balaban J connectivity index is 1.71. The van der Waals surface area contributed by atoms with Crippen LogP contribution in [0.1, 0.15) is 6.92 Å². The standard InChI is InChI=1S/C18H33NO14/c1-4-7(19)8(22)12(26)17(29-4)32-15-6(3-21)31-18(13(27)10(15)24)33-14-5(2-20)30-16(28)11(25)9(14)23/h4-18,20-28H,2-3,19H2,1H3/t4-,5-,6-,7-,8+,9-,10-,11-,12-,13-,14-,15-,16-,17-,18-/m1/s1. The lowest BCUT2D eigenvalue weighted by Gasteiger charge is -2.47. The van der Waals surface area contributed by atoms with E-state index in [0.29, 0.717) is 0 Å². The van der Waals surface area contributed by atoms with Crippen molar-refractivity contribution < 1.29 is 69.6 Å². The van der Waals surface area contributed by atoms with E-state index in [-0.39, 0.29) is 0 Å². The average Bonchev–Trinajstić information content (AvgIpc) is 2.80. The number of aliphatic hydroxyl groups excluding tert-OH is 9. The van der Waals surface area contributed by atoms with Gasteiger partial charge in [-0.25, -0.2) is 0 Å². The number of aliphatic hydroxyl groups is 9. The van der Waals surface area contributed by atoms with E-state index in [9.17, 15) is 46.0 Å². The topological polar surface area (TPSA) is 254 Å². The molecule has 0 aromatic heterocycles. The normalized spacial score (nSPS) is 53.7. The van der Waals surface area contributed by atoms with Crippen LogP contribution in [0.5, 0.6) is 0 Å². The summed E-state index contributed by atoms with van der Waals surface area (Å²) in [5, 5.41) is 90.2. The Morgan fingerprint density at radius 3 is 1.64 bits per heavy atom. The first-order valence-corrected chi connectivity index (χ1v) is 10.5. The number of hydrogen-bond donors (Lipinski definition) is 10. The van der Waals surface area contributed by atoms with E-state index < -0.39 is 105 Å². The highest BCUT2D eigenvalue weighted by Crippen LogP contribution is 2.31. The van der Waals surface area contributed by atoms with Gasteiger partial charge in [-0.15, -0.1) is 0 Å². The van der Waals surface area contributed by atoms with Crippen molar-refractivity contribution in [2.75, 3.05) is 13.2 Å². The SMILES string of the molecule is C[C@H]1O[C@H](O[C@H]2[C@H](O)[C@@H](O)[C@@H](O[C@H]3[C@H](O)[C@@H](O)[C@H](O)O[C@@H]3CO)O[C@@H]2CO)[C@H](O)[C@@H](O)[C@@H]1N. The number of hydrogen-bond acceptors (Lipinski definition) is 15. The molecule has 3 aliphatic rings. The summed E-state index contributed by atoms with van der Waals surface area (Å²) in [4.78, 5) is 0. The predicted octanol–water partition coefficient (Wildman–Crippen LogP) is -6.58. The van der Waals surface area contributed by atoms with Crippen LogP contribution < -0.4 is 5.73 Å². The van der Waals surface area contributed by atoms with Gasteiger partial charge in [-0.1, -0.05) is 0 Å². The molecule has 0 aromatic carbocycles. The lowest BCUT2D eigenvalue weighted by molar-refractivity contribution is -0.373. The maximum Gasteiger partial charge on any atom is 0.187 e. The second kappa shape index (κ2) is 11.0. The van der Waals surface area contributed by atoms with E-state index in [1.54, 1.807) is 0 Å². The quantitative estimate of drug-likeness (QED) is 0.167. The lowest BCUT2D eigenvalue weighted by Crippen LogP contribution is -2.66. The molecule has 0 unspecified atom stereocenters. The molecule has 0 spiro atoms. The smallest absolute Gasteiger partial charge is 0.187 e. The molecule has 0 amide bonds. The number of ether oxygens (including phenoxy) is 5. The molecule has 15 atom stereocenters. The van der Waals surface area contributed by atoms with Crippen molar-refractivity contribution in [1.29, 1.82) is 0 Å². The molecule has 0 aliphatic carbocycles. The minimum Gasteiger partial charge on any atom is -0.394 e. The Morgan fingerprint density at radius 2 is 1.09 bits per heavy atom. The van der Waals surface area contributed by atoms with Crippen LogP contribution in [0.3, 0.4) is 0 Å². The van der Waals surface area contributed by atoms with E-state index in [2.05, 4.69) is 0 Å². The Hall–Kier alpha value is -0.600. The maximum atomic E-state index is 10.6. The third-order valence-electron chi connectivity index (χ3n) is 6.16. The molecule has 33 heavy (non-hydrogen) atoms.